The van der Waals surface area contributed by atoms with Gasteiger partial charge in [-0.15, -0.1) is 0 Å². The molecule has 12 heavy (non-hydrogen) atoms. The first-order valence-corrected chi connectivity index (χ1v) is 4.74. The Labute approximate surface area is 75.9 Å². The van der Waals surface area contributed by atoms with Gasteiger partial charge in [0.2, 0.25) is 5.91 Å². The van der Waals surface area contributed by atoms with Gasteiger partial charge in [-0.2, -0.15) is 0 Å². The molecule has 72 valence electrons. The molecule has 0 heterocycles. The van der Waals surface area contributed by atoms with Crippen LogP contribution in [-0.2, 0) is 4.79 Å². The summed E-state index contributed by atoms with van der Waals surface area (Å²) in [7, 11) is 1.89. The van der Waals surface area contributed by atoms with Crippen LogP contribution >= 0.6 is 0 Å². The molecule has 0 aliphatic heterocycles. The number of carbonyl (C=O) groups is 1. The van der Waals surface area contributed by atoms with Gasteiger partial charge in [-0.05, 0) is 19.3 Å². The van der Waals surface area contributed by atoms with Gasteiger partial charge in [-0.1, -0.05) is 20.8 Å². The van der Waals surface area contributed by atoms with Crippen molar-refractivity contribution >= 4 is 5.91 Å². The molecule has 0 aliphatic carbocycles. The molecule has 1 atom stereocenters. The standard InChI is InChI=1S/C10H21NO/c1-6-10(12)11(5)9(4)7-8(2)3/h8-9H,6-7H2,1-5H3. The zero-order valence-corrected chi connectivity index (χ0v) is 8.92. The van der Waals surface area contributed by atoms with E-state index in [9.17, 15) is 4.79 Å². The summed E-state index contributed by atoms with van der Waals surface area (Å²) in [6, 6.07) is 0.373. The second-order valence-electron chi connectivity index (χ2n) is 3.84. The van der Waals surface area contributed by atoms with Crippen molar-refractivity contribution in [3.05, 3.63) is 0 Å². The van der Waals surface area contributed by atoms with Gasteiger partial charge in [-0.25, -0.2) is 0 Å². The fourth-order valence-corrected chi connectivity index (χ4v) is 1.34. The first-order valence-electron chi connectivity index (χ1n) is 4.74. The Bertz CT molecular complexity index is 143. The number of amides is 1. The molecule has 0 aromatic heterocycles. The van der Waals surface area contributed by atoms with E-state index in [1.807, 2.05) is 18.9 Å². The van der Waals surface area contributed by atoms with Crippen LogP contribution in [-0.4, -0.2) is 23.9 Å². The van der Waals surface area contributed by atoms with Crippen LogP contribution in [0.25, 0.3) is 0 Å². The summed E-state index contributed by atoms with van der Waals surface area (Å²) in [6.45, 7) is 8.37. The second-order valence-corrected chi connectivity index (χ2v) is 3.84. The summed E-state index contributed by atoms with van der Waals surface area (Å²) in [4.78, 5) is 13.1. The van der Waals surface area contributed by atoms with Crippen molar-refractivity contribution in [3.63, 3.8) is 0 Å². The minimum absolute atomic E-state index is 0.239. The lowest BCUT2D eigenvalue weighted by Gasteiger charge is -2.25. The van der Waals surface area contributed by atoms with Crippen LogP contribution in [0.5, 0.6) is 0 Å². The van der Waals surface area contributed by atoms with E-state index in [0.717, 1.165) is 6.42 Å². The largest absolute Gasteiger partial charge is 0.343 e. The van der Waals surface area contributed by atoms with E-state index >= 15 is 0 Å². The van der Waals surface area contributed by atoms with E-state index in [0.29, 0.717) is 18.4 Å². The van der Waals surface area contributed by atoms with Crippen LogP contribution in [0, 0.1) is 5.92 Å². The lowest BCUT2D eigenvalue weighted by molar-refractivity contribution is -0.131. The molecule has 0 aromatic rings. The van der Waals surface area contributed by atoms with Gasteiger partial charge in [0.05, 0.1) is 0 Å². The van der Waals surface area contributed by atoms with E-state index in [1.165, 1.54) is 0 Å². The average Bonchev–Trinajstić information content (AvgIpc) is 2.00. The molecule has 2 nitrogen and oxygen atoms in total. The van der Waals surface area contributed by atoms with Crippen molar-refractivity contribution in [2.45, 2.75) is 46.6 Å². The van der Waals surface area contributed by atoms with Gasteiger partial charge in [0.25, 0.3) is 0 Å². The fourth-order valence-electron chi connectivity index (χ4n) is 1.34. The molecule has 1 amide bonds. The number of rotatable bonds is 4. The Morgan fingerprint density at radius 1 is 1.33 bits per heavy atom. The predicted octanol–water partition coefficient (Wildman–Crippen LogP) is 2.29. The Kier molecular flexibility index (Phi) is 4.95. The third-order valence-electron chi connectivity index (χ3n) is 2.17. The molecule has 0 radical (unpaired) electrons. The SMILES string of the molecule is CCC(=O)N(C)C(C)CC(C)C. The molecule has 0 spiro atoms. The van der Waals surface area contributed by atoms with Crippen LogP contribution in [0.1, 0.15) is 40.5 Å². The highest BCUT2D eigenvalue weighted by molar-refractivity contribution is 5.75. The van der Waals surface area contributed by atoms with Gasteiger partial charge >= 0.3 is 0 Å². The molecule has 0 aliphatic rings. The van der Waals surface area contributed by atoms with E-state index < -0.39 is 0 Å². The first-order chi connectivity index (χ1) is 5.49. The summed E-state index contributed by atoms with van der Waals surface area (Å²) >= 11 is 0. The van der Waals surface area contributed by atoms with Crippen molar-refractivity contribution in [1.82, 2.24) is 4.90 Å². The Morgan fingerprint density at radius 2 is 1.83 bits per heavy atom. The zero-order valence-electron chi connectivity index (χ0n) is 8.92. The molecular weight excluding hydrogens is 150 g/mol. The highest BCUT2D eigenvalue weighted by Crippen LogP contribution is 2.10. The lowest BCUT2D eigenvalue weighted by atomic mass is 10.0. The summed E-state index contributed by atoms with van der Waals surface area (Å²) in [5, 5.41) is 0. The zero-order chi connectivity index (χ0) is 9.72. The van der Waals surface area contributed by atoms with Crippen molar-refractivity contribution in [2.75, 3.05) is 7.05 Å². The molecule has 2 heteroatoms. The van der Waals surface area contributed by atoms with E-state index in [1.54, 1.807) is 0 Å². The lowest BCUT2D eigenvalue weighted by Crippen LogP contribution is -2.35. The quantitative estimate of drug-likeness (QED) is 0.635. The summed E-state index contributed by atoms with van der Waals surface area (Å²) < 4.78 is 0. The van der Waals surface area contributed by atoms with Gasteiger partial charge < -0.3 is 4.90 Å². The summed E-state index contributed by atoms with van der Waals surface area (Å²) in [5.41, 5.74) is 0. The molecule has 1 unspecified atom stereocenters. The maximum atomic E-state index is 11.3. The Balaban J connectivity index is 3.91. The molecule has 0 saturated heterocycles. The molecule has 0 rings (SSSR count). The average molecular weight is 171 g/mol. The van der Waals surface area contributed by atoms with Gasteiger partial charge in [-0.3, -0.25) is 4.79 Å². The van der Waals surface area contributed by atoms with Crippen molar-refractivity contribution in [2.24, 2.45) is 5.92 Å². The van der Waals surface area contributed by atoms with Crippen LogP contribution in [0.15, 0.2) is 0 Å². The summed E-state index contributed by atoms with van der Waals surface area (Å²) in [5.74, 6) is 0.898. The first kappa shape index (κ1) is 11.5. The topological polar surface area (TPSA) is 20.3 Å². The van der Waals surface area contributed by atoms with Gasteiger partial charge in [0, 0.05) is 19.5 Å². The monoisotopic (exact) mass is 171 g/mol. The van der Waals surface area contributed by atoms with Crippen LogP contribution in [0.4, 0.5) is 0 Å². The molecular formula is C10H21NO. The number of nitrogens with zero attached hydrogens (tertiary/aromatic N) is 1. The normalized spacial score (nSPS) is 13.2. The van der Waals surface area contributed by atoms with Crippen molar-refractivity contribution in [1.29, 1.82) is 0 Å². The minimum Gasteiger partial charge on any atom is -0.343 e. The molecule has 0 bridgehead atoms. The third-order valence-corrected chi connectivity index (χ3v) is 2.17. The smallest absolute Gasteiger partial charge is 0.222 e. The Morgan fingerprint density at radius 3 is 2.17 bits per heavy atom. The van der Waals surface area contributed by atoms with E-state index in [4.69, 9.17) is 0 Å². The second kappa shape index (κ2) is 5.18. The number of hydrogen-bond acceptors (Lipinski definition) is 1. The minimum atomic E-state index is 0.239. The number of hydrogen-bond donors (Lipinski definition) is 0. The van der Waals surface area contributed by atoms with Gasteiger partial charge in [0.1, 0.15) is 0 Å². The van der Waals surface area contributed by atoms with Crippen LogP contribution < -0.4 is 0 Å². The highest BCUT2D eigenvalue weighted by atomic mass is 16.2. The fraction of sp³-hybridized carbons (Fsp3) is 0.900. The van der Waals surface area contributed by atoms with Gasteiger partial charge in [0.15, 0.2) is 0 Å². The van der Waals surface area contributed by atoms with Crippen LogP contribution in [0.3, 0.4) is 0 Å². The highest BCUT2D eigenvalue weighted by Gasteiger charge is 2.14. The van der Waals surface area contributed by atoms with E-state index in [2.05, 4.69) is 20.8 Å². The van der Waals surface area contributed by atoms with E-state index in [-0.39, 0.29) is 5.91 Å². The molecule has 0 fully saturated rings. The number of carbonyl (C=O) groups excluding carboxylic acids is 1. The Hall–Kier alpha value is -0.530. The van der Waals surface area contributed by atoms with Crippen molar-refractivity contribution < 1.29 is 4.79 Å². The predicted molar refractivity (Wildman–Crippen MR) is 52.0 cm³/mol. The maximum Gasteiger partial charge on any atom is 0.222 e. The summed E-state index contributed by atoms with van der Waals surface area (Å²) in [6.07, 6.45) is 1.70. The maximum absolute atomic E-state index is 11.3. The molecule has 0 saturated carbocycles. The molecule has 0 N–H and O–H groups in total. The van der Waals surface area contributed by atoms with Crippen molar-refractivity contribution in [3.8, 4) is 0 Å². The van der Waals surface area contributed by atoms with Crippen LogP contribution in [0.2, 0.25) is 0 Å². The third kappa shape index (κ3) is 3.74. The molecule has 0 aromatic carbocycles.